The second kappa shape index (κ2) is 4.66. The Balaban J connectivity index is 1.80. The van der Waals surface area contributed by atoms with Crippen molar-refractivity contribution in [2.24, 2.45) is 10.8 Å². The van der Waals surface area contributed by atoms with Crippen LogP contribution in [0.15, 0.2) is 0 Å². The van der Waals surface area contributed by atoms with Crippen LogP contribution < -0.4 is 5.32 Å². The van der Waals surface area contributed by atoms with Crippen LogP contribution in [0.5, 0.6) is 0 Å². The molecule has 2 nitrogen and oxygen atoms in total. The van der Waals surface area contributed by atoms with Gasteiger partial charge in [0.15, 0.2) is 0 Å². The maximum atomic E-state index is 3.47. The molecule has 0 saturated carbocycles. The summed E-state index contributed by atoms with van der Waals surface area (Å²) in [5, 5.41) is 3.47. The number of nitrogens with one attached hydrogen (secondary N) is 1. The van der Waals surface area contributed by atoms with Gasteiger partial charge < -0.3 is 10.2 Å². The Kier molecular flexibility index (Phi) is 3.60. The smallest absolute Gasteiger partial charge is 0.00505 e. The molecule has 2 aliphatic rings. The molecule has 0 atom stereocenters. The van der Waals surface area contributed by atoms with E-state index >= 15 is 0 Å². The van der Waals surface area contributed by atoms with Crippen LogP contribution in [0.4, 0.5) is 0 Å². The maximum absolute atomic E-state index is 3.47. The van der Waals surface area contributed by atoms with Crippen LogP contribution in [0.25, 0.3) is 0 Å². The summed E-state index contributed by atoms with van der Waals surface area (Å²) in [7, 11) is 0. The first-order valence-corrected chi connectivity index (χ1v) is 7.04. The third kappa shape index (κ3) is 2.43. The van der Waals surface area contributed by atoms with Crippen molar-refractivity contribution in [3.05, 3.63) is 0 Å². The molecule has 2 heteroatoms. The summed E-state index contributed by atoms with van der Waals surface area (Å²) in [6.45, 7) is 13.7. The van der Waals surface area contributed by atoms with Crippen molar-refractivity contribution in [1.29, 1.82) is 0 Å². The van der Waals surface area contributed by atoms with Crippen molar-refractivity contribution >= 4 is 0 Å². The summed E-state index contributed by atoms with van der Waals surface area (Å²) < 4.78 is 0. The molecule has 0 bridgehead atoms. The Morgan fingerprint density at radius 2 is 1.62 bits per heavy atom. The molecule has 0 aliphatic carbocycles. The molecule has 0 amide bonds. The van der Waals surface area contributed by atoms with Gasteiger partial charge in [0.05, 0.1) is 0 Å². The predicted molar refractivity (Wildman–Crippen MR) is 69.7 cm³/mol. The SMILES string of the molecule is CCC1(CC)CN(CC2(C)CCNCC2)C1. The van der Waals surface area contributed by atoms with Crippen molar-refractivity contribution in [2.75, 3.05) is 32.7 Å². The fourth-order valence-electron chi connectivity index (χ4n) is 3.44. The van der Waals surface area contributed by atoms with E-state index in [0.717, 1.165) is 0 Å². The fourth-order valence-corrected chi connectivity index (χ4v) is 3.44. The zero-order chi connectivity index (χ0) is 11.6. The molecule has 2 fully saturated rings. The van der Waals surface area contributed by atoms with Crippen molar-refractivity contribution in [1.82, 2.24) is 10.2 Å². The summed E-state index contributed by atoms with van der Waals surface area (Å²) in [5.41, 5.74) is 1.25. The number of hydrogen-bond donors (Lipinski definition) is 1. The van der Waals surface area contributed by atoms with Gasteiger partial charge in [-0.2, -0.15) is 0 Å². The molecular formula is C14H28N2. The van der Waals surface area contributed by atoms with Gasteiger partial charge in [0.1, 0.15) is 0 Å². The zero-order valence-electron chi connectivity index (χ0n) is 11.3. The molecule has 2 heterocycles. The summed E-state index contributed by atoms with van der Waals surface area (Å²) >= 11 is 0. The van der Waals surface area contributed by atoms with E-state index in [1.165, 1.54) is 58.4 Å². The molecule has 1 N–H and O–H groups in total. The molecule has 0 unspecified atom stereocenters. The second-order valence-corrected chi connectivity index (χ2v) is 6.41. The van der Waals surface area contributed by atoms with Crippen molar-refractivity contribution < 1.29 is 0 Å². The minimum atomic E-state index is 0.582. The highest BCUT2D eigenvalue weighted by Crippen LogP contribution is 2.40. The lowest BCUT2D eigenvalue weighted by molar-refractivity contribution is -0.0362. The standard InChI is InChI=1S/C14H28N2/c1-4-14(5-2)11-16(12-14)10-13(3)6-8-15-9-7-13/h15H,4-12H2,1-3H3. The van der Waals surface area contributed by atoms with Gasteiger partial charge in [-0.1, -0.05) is 20.8 Å². The lowest BCUT2D eigenvalue weighted by Gasteiger charge is -2.53. The fraction of sp³-hybridized carbons (Fsp3) is 1.00. The van der Waals surface area contributed by atoms with E-state index in [2.05, 4.69) is 31.0 Å². The summed E-state index contributed by atoms with van der Waals surface area (Å²) in [6.07, 6.45) is 5.43. The van der Waals surface area contributed by atoms with Crippen molar-refractivity contribution in [2.45, 2.75) is 46.5 Å². The summed E-state index contributed by atoms with van der Waals surface area (Å²) in [6, 6.07) is 0. The van der Waals surface area contributed by atoms with Gasteiger partial charge in [0, 0.05) is 19.6 Å². The predicted octanol–water partition coefficient (Wildman–Crippen LogP) is 2.50. The number of rotatable bonds is 4. The van der Waals surface area contributed by atoms with E-state index in [-0.39, 0.29) is 0 Å². The van der Waals surface area contributed by atoms with Crippen LogP contribution >= 0.6 is 0 Å². The van der Waals surface area contributed by atoms with Crippen LogP contribution in [-0.2, 0) is 0 Å². The van der Waals surface area contributed by atoms with Gasteiger partial charge in [-0.3, -0.25) is 0 Å². The van der Waals surface area contributed by atoms with E-state index in [1.807, 2.05) is 0 Å². The highest BCUT2D eigenvalue weighted by atomic mass is 15.2. The van der Waals surface area contributed by atoms with Gasteiger partial charge in [-0.25, -0.2) is 0 Å². The number of hydrogen-bond acceptors (Lipinski definition) is 2. The second-order valence-electron chi connectivity index (χ2n) is 6.41. The highest BCUT2D eigenvalue weighted by Gasteiger charge is 2.42. The Bertz CT molecular complexity index is 219. The van der Waals surface area contributed by atoms with Crippen LogP contribution in [0, 0.1) is 10.8 Å². The molecule has 0 aromatic rings. The van der Waals surface area contributed by atoms with Gasteiger partial charge in [-0.05, 0) is 49.6 Å². The monoisotopic (exact) mass is 224 g/mol. The lowest BCUT2D eigenvalue weighted by atomic mass is 9.72. The molecule has 0 aromatic heterocycles. The first-order chi connectivity index (χ1) is 7.61. The van der Waals surface area contributed by atoms with Crippen LogP contribution in [0.1, 0.15) is 46.5 Å². The Morgan fingerprint density at radius 3 is 2.12 bits per heavy atom. The van der Waals surface area contributed by atoms with Crippen molar-refractivity contribution in [3.63, 3.8) is 0 Å². The van der Waals surface area contributed by atoms with Gasteiger partial charge in [-0.15, -0.1) is 0 Å². The van der Waals surface area contributed by atoms with Crippen molar-refractivity contribution in [3.8, 4) is 0 Å². The molecule has 94 valence electrons. The largest absolute Gasteiger partial charge is 0.317 e. The number of likely N-dealkylation sites (tertiary alicyclic amines) is 1. The minimum Gasteiger partial charge on any atom is -0.317 e. The quantitative estimate of drug-likeness (QED) is 0.789. The normalized spacial score (nSPS) is 28.7. The van der Waals surface area contributed by atoms with Gasteiger partial charge >= 0.3 is 0 Å². The molecule has 0 spiro atoms. The zero-order valence-corrected chi connectivity index (χ0v) is 11.3. The van der Waals surface area contributed by atoms with Gasteiger partial charge in [0.2, 0.25) is 0 Å². The molecule has 2 rings (SSSR count). The average molecular weight is 224 g/mol. The average Bonchev–Trinajstić information content (AvgIpc) is 2.24. The van der Waals surface area contributed by atoms with Gasteiger partial charge in [0.25, 0.3) is 0 Å². The molecule has 16 heavy (non-hydrogen) atoms. The van der Waals surface area contributed by atoms with E-state index in [9.17, 15) is 0 Å². The topological polar surface area (TPSA) is 15.3 Å². The molecule has 0 aromatic carbocycles. The highest BCUT2D eigenvalue weighted by molar-refractivity contribution is 4.96. The van der Waals surface area contributed by atoms with E-state index in [4.69, 9.17) is 0 Å². The molecule has 0 radical (unpaired) electrons. The summed E-state index contributed by atoms with van der Waals surface area (Å²) in [4.78, 5) is 2.69. The lowest BCUT2D eigenvalue weighted by Crippen LogP contribution is -2.58. The van der Waals surface area contributed by atoms with E-state index < -0.39 is 0 Å². The Morgan fingerprint density at radius 1 is 1.06 bits per heavy atom. The first-order valence-electron chi connectivity index (χ1n) is 7.04. The summed E-state index contributed by atoms with van der Waals surface area (Å²) in [5.74, 6) is 0. The van der Waals surface area contributed by atoms with Crippen LogP contribution in [0.2, 0.25) is 0 Å². The van der Waals surface area contributed by atoms with Crippen LogP contribution in [-0.4, -0.2) is 37.6 Å². The molecule has 2 saturated heterocycles. The Hall–Kier alpha value is -0.0800. The third-order valence-corrected chi connectivity index (χ3v) is 5.03. The van der Waals surface area contributed by atoms with E-state index in [0.29, 0.717) is 10.8 Å². The molecule has 2 aliphatic heterocycles. The van der Waals surface area contributed by atoms with E-state index in [1.54, 1.807) is 0 Å². The molecular weight excluding hydrogens is 196 g/mol. The maximum Gasteiger partial charge on any atom is 0.00505 e. The minimum absolute atomic E-state index is 0.582. The Labute approximate surface area is 101 Å². The number of piperidine rings is 1. The first kappa shape index (κ1) is 12.4. The number of nitrogens with zero attached hydrogens (tertiary/aromatic N) is 1. The third-order valence-electron chi connectivity index (χ3n) is 5.03. The van der Waals surface area contributed by atoms with Crippen LogP contribution in [0.3, 0.4) is 0 Å².